The molecule has 0 saturated carbocycles. The van der Waals surface area contributed by atoms with E-state index in [9.17, 15) is 8.42 Å². The highest BCUT2D eigenvalue weighted by molar-refractivity contribution is 7.85. The molecule has 2 aromatic rings. The predicted octanol–water partition coefficient (Wildman–Crippen LogP) is 3.48. The van der Waals surface area contributed by atoms with E-state index >= 15 is 0 Å². The first-order valence-electron chi connectivity index (χ1n) is 7.48. The van der Waals surface area contributed by atoms with Crippen LogP contribution in [0, 0.1) is 6.92 Å². The van der Waals surface area contributed by atoms with E-state index < -0.39 is 10.1 Å². The fourth-order valence-electron chi connectivity index (χ4n) is 2.05. The van der Waals surface area contributed by atoms with Gasteiger partial charge in [-0.15, -0.1) is 0 Å². The number of rotatable bonds is 7. The van der Waals surface area contributed by atoms with Gasteiger partial charge in [-0.1, -0.05) is 48.5 Å². The molecule has 5 heteroatoms. The molecule has 0 unspecified atom stereocenters. The van der Waals surface area contributed by atoms with E-state index in [2.05, 4.69) is 0 Å². The molecule has 0 fully saturated rings. The SMILES string of the molecule is [2H]c1ccc(O[C@H](CCOS(C)(=O)=O)c2ccccc2)c(C)c1. The van der Waals surface area contributed by atoms with E-state index in [0.29, 0.717) is 18.2 Å². The van der Waals surface area contributed by atoms with Gasteiger partial charge in [-0.25, -0.2) is 0 Å². The maximum Gasteiger partial charge on any atom is 0.264 e. The second-order valence-electron chi connectivity index (χ2n) is 5.02. The Kier molecular flexibility index (Phi) is 5.08. The normalized spacial score (nSPS) is 13.5. The summed E-state index contributed by atoms with van der Waals surface area (Å²) in [6, 6.07) is 15.1. The fourth-order valence-corrected chi connectivity index (χ4v) is 2.45. The van der Waals surface area contributed by atoms with E-state index in [-0.39, 0.29) is 12.7 Å². The highest BCUT2D eigenvalue weighted by Crippen LogP contribution is 2.27. The molecular formula is C17H20O4S. The number of hydrogen-bond donors (Lipinski definition) is 0. The molecule has 0 saturated heterocycles. The van der Waals surface area contributed by atoms with Gasteiger partial charge in [0, 0.05) is 6.42 Å². The average Bonchev–Trinajstić information content (AvgIpc) is 2.48. The van der Waals surface area contributed by atoms with Gasteiger partial charge in [0.15, 0.2) is 0 Å². The van der Waals surface area contributed by atoms with Gasteiger partial charge in [-0.2, -0.15) is 8.42 Å². The molecule has 0 aliphatic rings. The minimum atomic E-state index is -3.47. The highest BCUT2D eigenvalue weighted by atomic mass is 32.2. The Hall–Kier alpha value is -1.85. The van der Waals surface area contributed by atoms with Gasteiger partial charge in [-0.05, 0) is 24.1 Å². The molecular weight excluding hydrogens is 300 g/mol. The summed E-state index contributed by atoms with van der Waals surface area (Å²) >= 11 is 0. The number of aryl methyl sites for hydroxylation is 1. The second-order valence-corrected chi connectivity index (χ2v) is 6.67. The lowest BCUT2D eigenvalue weighted by molar-refractivity contribution is 0.165. The number of ether oxygens (including phenoxy) is 1. The summed E-state index contributed by atoms with van der Waals surface area (Å²) in [5.74, 6) is 0.675. The van der Waals surface area contributed by atoms with Crippen LogP contribution in [0.4, 0.5) is 0 Å². The zero-order valence-electron chi connectivity index (χ0n) is 13.7. The summed E-state index contributed by atoms with van der Waals surface area (Å²) in [6.07, 6.45) is 1.11. The van der Waals surface area contributed by atoms with Crippen LogP contribution in [0.2, 0.25) is 0 Å². The second kappa shape index (κ2) is 7.42. The van der Waals surface area contributed by atoms with E-state index in [1.54, 1.807) is 18.2 Å². The Labute approximate surface area is 133 Å². The minimum Gasteiger partial charge on any atom is -0.485 e. The van der Waals surface area contributed by atoms with Crippen LogP contribution < -0.4 is 4.74 Å². The van der Waals surface area contributed by atoms with Crippen molar-refractivity contribution in [2.45, 2.75) is 19.4 Å². The Morgan fingerprint density at radius 1 is 1.14 bits per heavy atom. The van der Waals surface area contributed by atoms with Crippen LogP contribution in [0.3, 0.4) is 0 Å². The fraction of sp³-hybridized carbons (Fsp3) is 0.294. The molecule has 22 heavy (non-hydrogen) atoms. The van der Waals surface area contributed by atoms with Crippen LogP contribution in [0.1, 0.15) is 25.0 Å². The third-order valence-corrected chi connectivity index (χ3v) is 3.73. The lowest BCUT2D eigenvalue weighted by Gasteiger charge is -2.20. The molecule has 0 aliphatic carbocycles. The van der Waals surface area contributed by atoms with Crippen LogP contribution in [0.15, 0.2) is 54.6 Å². The van der Waals surface area contributed by atoms with Crippen molar-refractivity contribution in [3.8, 4) is 5.75 Å². The van der Waals surface area contributed by atoms with E-state index in [1.165, 1.54) is 0 Å². The summed E-state index contributed by atoms with van der Waals surface area (Å²) in [5.41, 5.74) is 1.81. The van der Waals surface area contributed by atoms with Gasteiger partial charge in [-0.3, -0.25) is 4.18 Å². The molecule has 2 aromatic carbocycles. The molecule has 0 amide bonds. The summed E-state index contributed by atoms with van der Waals surface area (Å²) in [7, 11) is -3.47. The molecule has 0 spiro atoms. The largest absolute Gasteiger partial charge is 0.485 e. The first kappa shape index (κ1) is 15.1. The average molecular weight is 321 g/mol. The molecule has 1 atom stereocenters. The Balaban J connectivity index is 2.16. The monoisotopic (exact) mass is 321 g/mol. The maximum atomic E-state index is 11.1. The van der Waals surface area contributed by atoms with Crippen molar-refractivity contribution in [3.05, 3.63) is 65.7 Å². The third kappa shape index (κ3) is 5.16. The molecule has 0 heterocycles. The van der Waals surface area contributed by atoms with Gasteiger partial charge in [0.25, 0.3) is 10.1 Å². The molecule has 2 rings (SSSR count). The molecule has 118 valence electrons. The quantitative estimate of drug-likeness (QED) is 0.733. The first-order chi connectivity index (χ1) is 10.8. The maximum absolute atomic E-state index is 11.1. The summed E-state index contributed by atoms with van der Waals surface area (Å²) in [6.45, 7) is 1.93. The van der Waals surface area contributed by atoms with Crippen molar-refractivity contribution in [1.82, 2.24) is 0 Å². The van der Waals surface area contributed by atoms with Crippen molar-refractivity contribution in [1.29, 1.82) is 0 Å². The lowest BCUT2D eigenvalue weighted by atomic mass is 10.1. The zero-order valence-corrected chi connectivity index (χ0v) is 13.5. The van der Waals surface area contributed by atoms with Crippen molar-refractivity contribution in [2.75, 3.05) is 12.9 Å². The van der Waals surface area contributed by atoms with Crippen LogP contribution in [0.25, 0.3) is 0 Å². The van der Waals surface area contributed by atoms with Crippen molar-refractivity contribution >= 4 is 10.1 Å². The molecule has 0 bridgehead atoms. The summed E-state index contributed by atoms with van der Waals surface area (Å²) in [5, 5.41) is 0. The highest BCUT2D eigenvalue weighted by Gasteiger charge is 2.15. The third-order valence-electron chi connectivity index (χ3n) is 3.14. The van der Waals surface area contributed by atoms with E-state index in [1.807, 2.05) is 37.3 Å². The van der Waals surface area contributed by atoms with E-state index in [0.717, 1.165) is 17.4 Å². The standard InChI is InChI=1S/C17H20O4S/c1-14-8-6-7-11-16(14)21-17(12-13-20-22(2,18)19)15-9-4-3-5-10-15/h3-11,17H,12-13H2,1-2H3/t17-/m1/s1/i6D. The minimum absolute atomic E-state index is 0.0496. The Morgan fingerprint density at radius 3 is 2.50 bits per heavy atom. The Bertz CT molecular complexity index is 744. The molecule has 0 radical (unpaired) electrons. The summed E-state index contributed by atoms with van der Waals surface area (Å²) < 4.78 is 40.7. The number of para-hydroxylation sites is 1. The van der Waals surface area contributed by atoms with Crippen molar-refractivity contribution < 1.29 is 18.7 Å². The zero-order chi connectivity index (χ0) is 16.9. The topological polar surface area (TPSA) is 52.6 Å². The molecule has 0 aliphatic heterocycles. The lowest BCUT2D eigenvalue weighted by Crippen LogP contribution is -2.13. The predicted molar refractivity (Wildman–Crippen MR) is 86.4 cm³/mol. The van der Waals surface area contributed by atoms with Gasteiger partial charge >= 0.3 is 0 Å². The van der Waals surface area contributed by atoms with Crippen LogP contribution in [-0.2, 0) is 14.3 Å². The first-order valence-corrected chi connectivity index (χ1v) is 8.80. The number of hydrogen-bond acceptors (Lipinski definition) is 4. The molecule has 0 N–H and O–H groups in total. The smallest absolute Gasteiger partial charge is 0.264 e. The van der Waals surface area contributed by atoms with Crippen LogP contribution in [-0.4, -0.2) is 21.3 Å². The Morgan fingerprint density at radius 2 is 1.86 bits per heavy atom. The van der Waals surface area contributed by atoms with Crippen LogP contribution >= 0.6 is 0 Å². The molecule has 4 nitrogen and oxygen atoms in total. The summed E-state index contributed by atoms with van der Waals surface area (Å²) in [4.78, 5) is 0. The van der Waals surface area contributed by atoms with Gasteiger partial charge in [0.05, 0.1) is 14.2 Å². The number of benzene rings is 2. The van der Waals surface area contributed by atoms with Gasteiger partial charge in [0.1, 0.15) is 11.9 Å². The van der Waals surface area contributed by atoms with E-state index in [4.69, 9.17) is 10.3 Å². The van der Waals surface area contributed by atoms with Gasteiger partial charge in [0.2, 0.25) is 0 Å². The van der Waals surface area contributed by atoms with Gasteiger partial charge < -0.3 is 4.74 Å². The van der Waals surface area contributed by atoms with Crippen molar-refractivity contribution in [2.24, 2.45) is 0 Å². The molecule has 0 aromatic heterocycles. The van der Waals surface area contributed by atoms with Crippen LogP contribution in [0.5, 0.6) is 5.75 Å². The van der Waals surface area contributed by atoms with Crippen molar-refractivity contribution in [3.63, 3.8) is 0 Å².